The number of anilines is 1. The zero-order valence-corrected chi connectivity index (χ0v) is 14.1. The first-order chi connectivity index (χ1) is 9.81. The molecule has 0 saturated carbocycles. The van der Waals surface area contributed by atoms with Crippen LogP contribution in [0.25, 0.3) is 0 Å². The standard InChI is InChI=1S/C13H19Cl2N3O2S/c1-9(8-18-6-2-3-7-18)17-21(19,20)11-5-4-10(14)13(16)12(11)15/h4-5,9,17H,2-3,6-8,16H2,1H3. The van der Waals surface area contributed by atoms with Crippen molar-refractivity contribution in [3.8, 4) is 0 Å². The summed E-state index contributed by atoms with van der Waals surface area (Å²) in [5.74, 6) is 0. The maximum atomic E-state index is 12.4. The molecule has 118 valence electrons. The second kappa shape index (κ2) is 6.71. The molecule has 21 heavy (non-hydrogen) atoms. The summed E-state index contributed by atoms with van der Waals surface area (Å²) in [5.41, 5.74) is 5.76. The van der Waals surface area contributed by atoms with Crippen molar-refractivity contribution >= 4 is 38.9 Å². The average Bonchev–Trinajstić information content (AvgIpc) is 2.87. The van der Waals surface area contributed by atoms with E-state index < -0.39 is 10.0 Å². The Labute approximate surface area is 135 Å². The lowest BCUT2D eigenvalue weighted by atomic mass is 10.3. The van der Waals surface area contributed by atoms with Gasteiger partial charge in [0.1, 0.15) is 4.90 Å². The van der Waals surface area contributed by atoms with Gasteiger partial charge in [-0.15, -0.1) is 0 Å². The molecule has 0 amide bonds. The van der Waals surface area contributed by atoms with Crippen LogP contribution in [0.2, 0.25) is 10.0 Å². The van der Waals surface area contributed by atoms with Gasteiger partial charge in [-0.2, -0.15) is 0 Å². The number of benzene rings is 1. The lowest BCUT2D eigenvalue weighted by Crippen LogP contribution is -2.41. The smallest absolute Gasteiger partial charge is 0.242 e. The molecular weight excluding hydrogens is 333 g/mol. The van der Waals surface area contributed by atoms with Gasteiger partial charge in [-0.3, -0.25) is 0 Å². The van der Waals surface area contributed by atoms with Crippen LogP contribution >= 0.6 is 23.2 Å². The number of nitrogen functional groups attached to an aromatic ring is 1. The fourth-order valence-electron chi connectivity index (χ4n) is 2.48. The Morgan fingerprint density at radius 2 is 1.95 bits per heavy atom. The van der Waals surface area contributed by atoms with Crippen molar-refractivity contribution < 1.29 is 8.42 Å². The fraction of sp³-hybridized carbons (Fsp3) is 0.538. The molecule has 2 rings (SSSR count). The van der Waals surface area contributed by atoms with Crippen molar-refractivity contribution in [2.45, 2.75) is 30.7 Å². The average molecular weight is 352 g/mol. The molecule has 1 aromatic rings. The zero-order valence-electron chi connectivity index (χ0n) is 11.8. The summed E-state index contributed by atoms with van der Waals surface area (Å²) < 4.78 is 27.4. The quantitative estimate of drug-likeness (QED) is 0.798. The van der Waals surface area contributed by atoms with Gasteiger partial charge in [-0.1, -0.05) is 23.2 Å². The van der Waals surface area contributed by atoms with Gasteiger partial charge in [-0.05, 0) is 45.0 Å². The van der Waals surface area contributed by atoms with Gasteiger partial charge in [0, 0.05) is 12.6 Å². The van der Waals surface area contributed by atoms with Crippen LogP contribution in [-0.2, 0) is 10.0 Å². The number of sulfonamides is 1. The van der Waals surface area contributed by atoms with Crippen LogP contribution < -0.4 is 10.5 Å². The van der Waals surface area contributed by atoms with Crippen LogP contribution in [-0.4, -0.2) is 39.0 Å². The van der Waals surface area contributed by atoms with Gasteiger partial charge in [0.2, 0.25) is 10.0 Å². The van der Waals surface area contributed by atoms with E-state index in [2.05, 4.69) is 9.62 Å². The summed E-state index contributed by atoms with van der Waals surface area (Å²) in [7, 11) is -3.72. The van der Waals surface area contributed by atoms with Crippen LogP contribution in [0.5, 0.6) is 0 Å². The Kier molecular flexibility index (Phi) is 5.38. The maximum Gasteiger partial charge on any atom is 0.242 e. The van der Waals surface area contributed by atoms with Crippen LogP contribution in [0.4, 0.5) is 5.69 Å². The van der Waals surface area contributed by atoms with Crippen molar-refractivity contribution in [1.82, 2.24) is 9.62 Å². The highest BCUT2D eigenvalue weighted by atomic mass is 35.5. The molecule has 1 atom stereocenters. The first kappa shape index (κ1) is 16.8. The number of nitrogens with two attached hydrogens (primary N) is 1. The molecule has 0 bridgehead atoms. The van der Waals surface area contributed by atoms with Gasteiger partial charge < -0.3 is 10.6 Å². The SMILES string of the molecule is CC(CN1CCCC1)NS(=O)(=O)c1ccc(Cl)c(N)c1Cl. The third-order valence-corrected chi connectivity index (χ3v) is 5.95. The second-order valence-corrected chi connectivity index (χ2v) is 7.77. The summed E-state index contributed by atoms with van der Waals surface area (Å²) in [6.07, 6.45) is 2.33. The molecule has 5 nitrogen and oxygen atoms in total. The second-order valence-electron chi connectivity index (χ2n) is 5.30. The van der Waals surface area contributed by atoms with E-state index in [0.29, 0.717) is 6.54 Å². The van der Waals surface area contributed by atoms with Crippen LogP contribution in [0.3, 0.4) is 0 Å². The molecule has 1 heterocycles. The van der Waals surface area contributed by atoms with Gasteiger partial charge in [0.05, 0.1) is 15.7 Å². The minimum absolute atomic E-state index is 0.0385. The minimum Gasteiger partial charge on any atom is -0.396 e. The molecule has 1 aliphatic heterocycles. The molecule has 0 spiro atoms. The first-order valence-electron chi connectivity index (χ1n) is 6.79. The number of nitrogens with one attached hydrogen (secondary N) is 1. The molecule has 0 aromatic heterocycles. The summed E-state index contributed by atoms with van der Waals surface area (Å²) >= 11 is 11.8. The molecule has 1 fully saturated rings. The Bertz CT molecular complexity index is 616. The number of likely N-dealkylation sites (tertiary alicyclic amines) is 1. The Hall–Kier alpha value is -0.530. The van der Waals surface area contributed by atoms with Crippen LogP contribution in [0.15, 0.2) is 17.0 Å². The summed E-state index contributed by atoms with van der Waals surface area (Å²) in [6, 6.07) is 2.59. The molecule has 3 N–H and O–H groups in total. The maximum absolute atomic E-state index is 12.4. The summed E-state index contributed by atoms with van der Waals surface area (Å²) in [5, 5.41) is 0.201. The molecule has 1 unspecified atom stereocenters. The Balaban J connectivity index is 2.12. The molecular formula is C13H19Cl2N3O2S. The number of nitrogens with zero attached hydrogens (tertiary/aromatic N) is 1. The lowest BCUT2D eigenvalue weighted by molar-refractivity contribution is 0.313. The topological polar surface area (TPSA) is 75.4 Å². The molecule has 1 aliphatic rings. The number of hydrogen-bond donors (Lipinski definition) is 2. The molecule has 1 saturated heterocycles. The van der Waals surface area contributed by atoms with E-state index in [1.807, 2.05) is 6.92 Å². The van der Waals surface area contributed by atoms with Crippen molar-refractivity contribution in [1.29, 1.82) is 0 Å². The van der Waals surface area contributed by atoms with E-state index in [0.717, 1.165) is 13.1 Å². The zero-order chi connectivity index (χ0) is 15.6. The van der Waals surface area contributed by atoms with Crippen molar-refractivity contribution in [2.24, 2.45) is 0 Å². The van der Waals surface area contributed by atoms with Crippen molar-refractivity contribution in [2.75, 3.05) is 25.4 Å². The van der Waals surface area contributed by atoms with E-state index >= 15 is 0 Å². The predicted molar refractivity (Wildman–Crippen MR) is 86.3 cm³/mol. The number of halogens is 2. The molecule has 0 radical (unpaired) electrons. The molecule has 1 aromatic carbocycles. The van der Waals surface area contributed by atoms with E-state index in [1.165, 1.54) is 25.0 Å². The Morgan fingerprint density at radius 3 is 2.57 bits per heavy atom. The first-order valence-corrected chi connectivity index (χ1v) is 9.03. The van der Waals surface area contributed by atoms with E-state index in [-0.39, 0.29) is 26.7 Å². The van der Waals surface area contributed by atoms with Gasteiger partial charge in [0.15, 0.2) is 0 Å². The van der Waals surface area contributed by atoms with E-state index in [4.69, 9.17) is 28.9 Å². The third-order valence-electron chi connectivity index (χ3n) is 3.47. The monoisotopic (exact) mass is 351 g/mol. The highest BCUT2D eigenvalue weighted by Gasteiger charge is 2.24. The predicted octanol–water partition coefficient (Wildman–Crippen LogP) is 2.34. The highest BCUT2D eigenvalue weighted by Crippen LogP contribution is 2.33. The van der Waals surface area contributed by atoms with E-state index in [9.17, 15) is 8.42 Å². The van der Waals surface area contributed by atoms with Crippen molar-refractivity contribution in [3.63, 3.8) is 0 Å². The summed E-state index contributed by atoms with van der Waals surface area (Å²) in [6.45, 7) is 4.55. The van der Waals surface area contributed by atoms with E-state index in [1.54, 1.807) is 0 Å². The van der Waals surface area contributed by atoms with Crippen LogP contribution in [0.1, 0.15) is 19.8 Å². The Morgan fingerprint density at radius 1 is 1.33 bits per heavy atom. The minimum atomic E-state index is -3.72. The summed E-state index contributed by atoms with van der Waals surface area (Å²) in [4.78, 5) is 2.20. The van der Waals surface area contributed by atoms with Gasteiger partial charge >= 0.3 is 0 Å². The lowest BCUT2D eigenvalue weighted by Gasteiger charge is -2.21. The van der Waals surface area contributed by atoms with Crippen LogP contribution in [0, 0.1) is 0 Å². The van der Waals surface area contributed by atoms with Gasteiger partial charge in [0.25, 0.3) is 0 Å². The fourth-order valence-corrected chi connectivity index (χ4v) is 4.47. The normalized spacial score (nSPS) is 18.0. The largest absolute Gasteiger partial charge is 0.396 e. The third kappa shape index (κ3) is 4.02. The number of rotatable bonds is 5. The number of hydrogen-bond acceptors (Lipinski definition) is 4. The molecule has 8 heteroatoms. The van der Waals surface area contributed by atoms with Gasteiger partial charge in [-0.25, -0.2) is 13.1 Å². The highest BCUT2D eigenvalue weighted by molar-refractivity contribution is 7.89. The van der Waals surface area contributed by atoms with Crippen molar-refractivity contribution in [3.05, 3.63) is 22.2 Å². The molecule has 0 aliphatic carbocycles.